The number of rotatable bonds is 4. The van der Waals surface area contributed by atoms with Gasteiger partial charge in [0.2, 0.25) is 0 Å². The van der Waals surface area contributed by atoms with E-state index >= 15 is 0 Å². The Morgan fingerprint density at radius 3 is 2.50 bits per heavy atom. The summed E-state index contributed by atoms with van der Waals surface area (Å²) in [6, 6.07) is 16.9. The number of hydrogen-bond donors (Lipinski definition) is 1. The van der Waals surface area contributed by atoms with E-state index in [4.69, 9.17) is 4.74 Å². The molecule has 0 atom stereocenters. The van der Waals surface area contributed by atoms with Crippen molar-refractivity contribution in [1.29, 1.82) is 0 Å². The van der Waals surface area contributed by atoms with E-state index in [2.05, 4.69) is 15.3 Å². The van der Waals surface area contributed by atoms with Crippen LogP contribution in [0.25, 0.3) is 11.4 Å². The first-order chi connectivity index (χ1) is 11.7. The number of ether oxygens (including phenoxy) is 1. The van der Waals surface area contributed by atoms with Gasteiger partial charge in [-0.05, 0) is 30.2 Å². The molecule has 0 aliphatic carbocycles. The first-order valence-electron chi connectivity index (χ1n) is 7.59. The lowest BCUT2D eigenvalue weighted by atomic mass is 10.1. The van der Waals surface area contributed by atoms with E-state index in [1.165, 1.54) is 0 Å². The smallest absolute Gasteiger partial charge is 0.411 e. The summed E-state index contributed by atoms with van der Waals surface area (Å²) in [5, 5.41) is 2.78. The van der Waals surface area contributed by atoms with E-state index < -0.39 is 6.09 Å². The minimum atomic E-state index is -0.512. The third-order valence-electron chi connectivity index (χ3n) is 3.51. The minimum Gasteiger partial charge on any atom is -0.444 e. The van der Waals surface area contributed by atoms with E-state index in [1.54, 1.807) is 18.5 Å². The van der Waals surface area contributed by atoms with E-state index in [0.717, 1.165) is 16.7 Å². The summed E-state index contributed by atoms with van der Waals surface area (Å²) in [6.07, 6.45) is 2.83. The van der Waals surface area contributed by atoms with Crippen molar-refractivity contribution >= 4 is 11.8 Å². The number of benzene rings is 2. The molecule has 2 aromatic carbocycles. The first kappa shape index (κ1) is 15.7. The molecule has 0 saturated carbocycles. The fourth-order valence-corrected chi connectivity index (χ4v) is 2.37. The van der Waals surface area contributed by atoms with Gasteiger partial charge in [-0.2, -0.15) is 0 Å². The van der Waals surface area contributed by atoms with Crippen molar-refractivity contribution in [2.24, 2.45) is 0 Å². The van der Waals surface area contributed by atoms with Crippen LogP contribution in [0.4, 0.5) is 10.5 Å². The van der Waals surface area contributed by atoms with Crippen LogP contribution in [0.3, 0.4) is 0 Å². The van der Waals surface area contributed by atoms with Crippen LogP contribution in [-0.2, 0) is 11.3 Å². The molecule has 0 spiro atoms. The predicted molar refractivity (Wildman–Crippen MR) is 92.5 cm³/mol. The topological polar surface area (TPSA) is 64.1 Å². The van der Waals surface area contributed by atoms with Gasteiger partial charge in [0.1, 0.15) is 6.61 Å². The summed E-state index contributed by atoms with van der Waals surface area (Å²) in [7, 11) is 0. The number of nitrogens with one attached hydrogen (secondary N) is 1. The van der Waals surface area contributed by atoms with Gasteiger partial charge in [-0.25, -0.2) is 14.8 Å². The molecule has 0 fully saturated rings. The minimum absolute atomic E-state index is 0.218. The maximum absolute atomic E-state index is 12.1. The summed E-state index contributed by atoms with van der Waals surface area (Å²) in [5.74, 6) is 0.564. The van der Waals surface area contributed by atoms with Crippen molar-refractivity contribution in [3.05, 3.63) is 78.1 Å². The van der Waals surface area contributed by atoms with Crippen LogP contribution in [0.5, 0.6) is 0 Å². The second-order valence-electron chi connectivity index (χ2n) is 5.26. The van der Waals surface area contributed by atoms with Crippen LogP contribution in [0, 0.1) is 6.92 Å². The monoisotopic (exact) mass is 319 g/mol. The van der Waals surface area contributed by atoms with Gasteiger partial charge in [-0.15, -0.1) is 0 Å². The molecule has 5 nitrogen and oxygen atoms in total. The van der Waals surface area contributed by atoms with Crippen LogP contribution in [0.1, 0.15) is 11.1 Å². The largest absolute Gasteiger partial charge is 0.444 e. The Morgan fingerprint density at radius 2 is 1.75 bits per heavy atom. The summed E-state index contributed by atoms with van der Waals surface area (Å²) in [5.41, 5.74) is 3.32. The molecule has 1 aromatic heterocycles. The fraction of sp³-hybridized carbons (Fsp3) is 0.105. The van der Waals surface area contributed by atoms with Gasteiger partial charge >= 0.3 is 6.09 Å². The molecule has 0 radical (unpaired) electrons. The van der Waals surface area contributed by atoms with E-state index in [0.29, 0.717) is 11.5 Å². The van der Waals surface area contributed by atoms with Gasteiger partial charge in [-0.1, -0.05) is 42.5 Å². The normalized spacial score (nSPS) is 10.2. The molecule has 1 heterocycles. The van der Waals surface area contributed by atoms with Crippen LogP contribution in [0.2, 0.25) is 0 Å². The first-order valence-corrected chi connectivity index (χ1v) is 7.59. The standard InChI is InChI=1S/C19H17N3O2/c1-14-7-5-10-16(17(14)18-20-11-6-12-21-18)22-19(23)24-13-15-8-3-2-4-9-15/h2-12H,13H2,1H3,(H,22,23). The Bertz CT molecular complexity index is 821. The molecule has 3 rings (SSSR count). The molecule has 0 saturated heterocycles. The highest BCUT2D eigenvalue weighted by atomic mass is 16.5. The van der Waals surface area contributed by atoms with Crippen molar-refractivity contribution in [3.8, 4) is 11.4 Å². The average Bonchev–Trinajstić information content (AvgIpc) is 2.62. The number of carbonyl (C=O) groups is 1. The summed E-state index contributed by atoms with van der Waals surface area (Å²) >= 11 is 0. The zero-order valence-corrected chi connectivity index (χ0v) is 13.3. The number of amides is 1. The van der Waals surface area contributed by atoms with Gasteiger partial charge in [0.25, 0.3) is 0 Å². The molecule has 120 valence electrons. The second kappa shape index (κ2) is 7.37. The molecule has 1 amide bonds. The Morgan fingerprint density at radius 1 is 1.00 bits per heavy atom. The summed E-state index contributed by atoms with van der Waals surface area (Å²) in [4.78, 5) is 20.6. The van der Waals surface area contributed by atoms with Gasteiger partial charge < -0.3 is 4.74 Å². The molecule has 3 aromatic rings. The third-order valence-corrected chi connectivity index (χ3v) is 3.51. The molecule has 0 unspecified atom stereocenters. The lowest BCUT2D eigenvalue weighted by Gasteiger charge is -2.13. The maximum atomic E-state index is 12.1. The van der Waals surface area contributed by atoms with Crippen LogP contribution < -0.4 is 5.32 Å². The fourth-order valence-electron chi connectivity index (χ4n) is 2.37. The molecule has 5 heteroatoms. The highest BCUT2D eigenvalue weighted by molar-refractivity contribution is 5.91. The van der Waals surface area contributed by atoms with Gasteiger partial charge in [0, 0.05) is 18.0 Å². The molecule has 0 aliphatic rings. The van der Waals surface area contributed by atoms with Crippen LogP contribution in [0.15, 0.2) is 67.0 Å². The van der Waals surface area contributed by atoms with E-state index in [1.807, 2.05) is 55.5 Å². The van der Waals surface area contributed by atoms with Crippen molar-refractivity contribution in [2.75, 3.05) is 5.32 Å². The lowest BCUT2D eigenvalue weighted by Crippen LogP contribution is -2.14. The zero-order chi connectivity index (χ0) is 16.8. The van der Waals surface area contributed by atoms with Crippen molar-refractivity contribution < 1.29 is 9.53 Å². The van der Waals surface area contributed by atoms with E-state index in [9.17, 15) is 4.79 Å². The highest BCUT2D eigenvalue weighted by Gasteiger charge is 2.13. The Balaban J connectivity index is 1.75. The number of nitrogens with zero attached hydrogens (tertiary/aromatic N) is 2. The molecule has 1 N–H and O–H groups in total. The summed E-state index contributed by atoms with van der Waals surface area (Å²) in [6.45, 7) is 2.17. The third kappa shape index (κ3) is 3.76. The van der Waals surface area contributed by atoms with Crippen molar-refractivity contribution in [2.45, 2.75) is 13.5 Å². The van der Waals surface area contributed by atoms with Gasteiger partial charge in [0.15, 0.2) is 5.82 Å². The zero-order valence-electron chi connectivity index (χ0n) is 13.3. The lowest BCUT2D eigenvalue weighted by molar-refractivity contribution is 0.155. The molecule has 24 heavy (non-hydrogen) atoms. The molecular weight excluding hydrogens is 302 g/mol. The Labute approximate surface area is 140 Å². The van der Waals surface area contributed by atoms with Gasteiger partial charge in [0.05, 0.1) is 5.69 Å². The highest BCUT2D eigenvalue weighted by Crippen LogP contribution is 2.28. The maximum Gasteiger partial charge on any atom is 0.411 e. The van der Waals surface area contributed by atoms with Crippen molar-refractivity contribution in [3.63, 3.8) is 0 Å². The van der Waals surface area contributed by atoms with Crippen LogP contribution in [-0.4, -0.2) is 16.1 Å². The van der Waals surface area contributed by atoms with Gasteiger partial charge in [-0.3, -0.25) is 5.32 Å². The number of aromatic nitrogens is 2. The number of anilines is 1. The van der Waals surface area contributed by atoms with E-state index in [-0.39, 0.29) is 6.61 Å². The summed E-state index contributed by atoms with van der Waals surface area (Å²) < 4.78 is 5.27. The average molecular weight is 319 g/mol. The number of aryl methyl sites for hydroxylation is 1. The second-order valence-corrected chi connectivity index (χ2v) is 5.26. The molecule has 0 bridgehead atoms. The van der Waals surface area contributed by atoms with Crippen molar-refractivity contribution in [1.82, 2.24) is 9.97 Å². The SMILES string of the molecule is Cc1cccc(NC(=O)OCc2ccccc2)c1-c1ncccn1. The quantitative estimate of drug-likeness (QED) is 0.782. The number of hydrogen-bond acceptors (Lipinski definition) is 4. The Kier molecular flexibility index (Phi) is 4.81. The molecule has 0 aliphatic heterocycles. The Hall–Kier alpha value is -3.21. The predicted octanol–water partition coefficient (Wildman–Crippen LogP) is 4.20. The van der Waals surface area contributed by atoms with Crippen LogP contribution >= 0.6 is 0 Å². The number of carbonyl (C=O) groups excluding carboxylic acids is 1. The molecular formula is C19H17N3O2.